The first-order valence-electron chi connectivity index (χ1n) is 8.34. The maximum atomic E-state index is 12.1. The van der Waals surface area contributed by atoms with Gasteiger partial charge in [0.25, 0.3) is 11.6 Å². The van der Waals surface area contributed by atoms with Crippen LogP contribution in [0.2, 0.25) is 5.02 Å². The Bertz CT molecular complexity index is 708. The van der Waals surface area contributed by atoms with Crippen molar-refractivity contribution in [1.82, 2.24) is 5.32 Å². The van der Waals surface area contributed by atoms with Crippen molar-refractivity contribution in [2.45, 2.75) is 25.7 Å². The third-order valence-corrected chi connectivity index (χ3v) is 5.39. The number of esters is 1. The summed E-state index contributed by atoms with van der Waals surface area (Å²) in [6.07, 6.45) is 4.39. The number of ether oxygens (including phenoxy) is 1. The maximum absolute atomic E-state index is 12.1. The topological polar surface area (TPSA) is 98.5 Å². The molecule has 2 bridgehead atoms. The molecule has 1 aromatic carbocycles. The molecule has 1 aromatic rings. The lowest BCUT2D eigenvalue weighted by Crippen LogP contribution is -2.30. The average molecular weight is 367 g/mol. The minimum atomic E-state index is -0.581. The molecule has 0 unspecified atom stereocenters. The van der Waals surface area contributed by atoms with Crippen LogP contribution in [0.5, 0.6) is 0 Å². The molecule has 0 saturated heterocycles. The van der Waals surface area contributed by atoms with Gasteiger partial charge in [-0.25, -0.2) is 0 Å². The lowest BCUT2D eigenvalue weighted by Gasteiger charge is -2.19. The van der Waals surface area contributed by atoms with Crippen LogP contribution in [0, 0.1) is 27.9 Å². The molecule has 0 heterocycles. The van der Waals surface area contributed by atoms with Crippen LogP contribution in [0.4, 0.5) is 5.69 Å². The van der Waals surface area contributed by atoms with Crippen molar-refractivity contribution in [2.75, 3.05) is 13.2 Å². The van der Waals surface area contributed by atoms with Crippen molar-refractivity contribution in [3.8, 4) is 0 Å². The number of amides is 1. The molecule has 1 N–H and O–H groups in total. The van der Waals surface area contributed by atoms with Crippen LogP contribution in [-0.4, -0.2) is 30.0 Å². The number of carbonyl (C=O) groups excluding carboxylic acids is 2. The quantitative estimate of drug-likeness (QED) is 0.361. The van der Waals surface area contributed by atoms with Gasteiger partial charge < -0.3 is 10.1 Å². The van der Waals surface area contributed by atoms with Gasteiger partial charge in [0.15, 0.2) is 0 Å². The van der Waals surface area contributed by atoms with Gasteiger partial charge >= 0.3 is 5.97 Å². The van der Waals surface area contributed by atoms with Crippen molar-refractivity contribution < 1.29 is 19.2 Å². The van der Waals surface area contributed by atoms with Crippen LogP contribution in [-0.2, 0) is 9.53 Å². The minimum Gasteiger partial charge on any atom is -0.464 e. The molecule has 1 amide bonds. The number of nitro groups is 1. The first kappa shape index (κ1) is 17.7. The molecule has 3 atom stereocenters. The van der Waals surface area contributed by atoms with Gasteiger partial charge in [0, 0.05) is 12.1 Å². The normalized spacial score (nSPS) is 24.1. The van der Waals surface area contributed by atoms with E-state index in [9.17, 15) is 19.7 Å². The molecular formula is C17H19ClN2O5. The Kier molecular flexibility index (Phi) is 5.22. The molecule has 7 nitrogen and oxygen atoms in total. The zero-order valence-corrected chi connectivity index (χ0v) is 14.3. The third-order valence-electron chi connectivity index (χ3n) is 5.08. The van der Waals surface area contributed by atoms with E-state index in [-0.39, 0.29) is 41.3 Å². The van der Waals surface area contributed by atoms with Gasteiger partial charge in [-0.15, -0.1) is 0 Å². The Morgan fingerprint density at radius 1 is 1.32 bits per heavy atom. The number of non-ortho nitro benzene ring substituents is 1. The van der Waals surface area contributed by atoms with Gasteiger partial charge in [-0.2, -0.15) is 0 Å². The van der Waals surface area contributed by atoms with Crippen molar-refractivity contribution in [1.29, 1.82) is 0 Å². The van der Waals surface area contributed by atoms with E-state index in [1.54, 1.807) is 0 Å². The molecule has 134 valence electrons. The van der Waals surface area contributed by atoms with E-state index in [2.05, 4.69) is 5.32 Å². The maximum Gasteiger partial charge on any atom is 0.309 e. The van der Waals surface area contributed by atoms with Crippen LogP contribution >= 0.6 is 11.6 Å². The van der Waals surface area contributed by atoms with Gasteiger partial charge in [0.1, 0.15) is 6.61 Å². The Hall–Kier alpha value is -2.15. The fourth-order valence-electron chi connectivity index (χ4n) is 3.85. The molecule has 8 heteroatoms. The largest absolute Gasteiger partial charge is 0.464 e. The number of nitrogens with one attached hydrogen (secondary N) is 1. The number of halogens is 1. The minimum absolute atomic E-state index is 0.00526. The van der Waals surface area contributed by atoms with E-state index in [0.717, 1.165) is 25.3 Å². The van der Waals surface area contributed by atoms with Crippen molar-refractivity contribution in [2.24, 2.45) is 17.8 Å². The van der Waals surface area contributed by atoms with Crippen LogP contribution in [0.25, 0.3) is 0 Å². The highest BCUT2D eigenvalue weighted by atomic mass is 35.5. The Morgan fingerprint density at radius 2 is 2.12 bits per heavy atom. The van der Waals surface area contributed by atoms with E-state index in [1.165, 1.54) is 18.6 Å². The predicted molar refractivity (Wildman–Crippen MR) is 90.3 cm³/mol. The summed E-state index contributed by atoms with van der Waals surface area (Å²) < 4.78 is 5.27. The van der Waals surface area contributed by atoms with Crippen LogP contribution in [0.3, 0.4) is 0 Å². The SMILES string of the molecule is O=C(NCCOC(=O)[C@H]1C[C@H]2CC[C@H]1C2)c1ccc([N+](=O)[O-])cc1Cl. The zero-order valence-electron chi connectivity index (χ0n) is 13.6. The summed E-state index contributed by atoms with van der Waals surface area (Å²) in [7, 11) is 0. The van der Waals surface area contributed by atoms with Crippen LogP contribution in [0.1, 0.15) is 36.0 Å². The molecule has 0 aliphatic heterocycles. The fourth-order valence-corrected chi connectivity index (χ4v) is 4.11. The second-order valence-corrected chi connectivity index (χ2v) is 7.03. The number of carbonyl (C=O) groups is 2. The first-order chi connectivity index (χ1) is 12.0. The highest BCUT2D eigenvalue weighted by molar-refractivity contribution is 6.34. The predicted octanol–water partition coefficient (Wildman–Crippen LogP) is 2.96. The van der Waals surface area contributed by atoms with E-state index in [0.29, 0.717) is 11.8 Å². The summed E-state index contributed by atoms with van der Waals surface area (Å²) in [5.74, 6) is 0.516. The molecule has 25 heavy (non-hydrogen) atoms. The van der Waals surface area contributed by atoms with E-state index >= 15 is 0 Å². The van der Waals surface area contributed by atoms with E-state index in [1.807, 2.05) is 0 Å². The molecule has 2 aliphatic rings. The highest BCUT2D eigenvalue weighted by Crippen LogP contribution is 2.48. The molecule has 0 spiro atoms. The summed E-state index contributed by atoms with van der Waals surface area (Å²) in [6.45, 7) is 0.266. The van der Waals surface area contributed by atoms with Crippen LogP contribution in [0.15, 0.2) is 18.2 Å². The number of rotatable bonds is 6. The second kappa shape index (κ2) is 7.39. The lowest BCUT2D eigenvalue weighted by atomic mass is 9.89. The van der Waals surface area contributed by atoms with Gasteiger partial charge in [0.2, 0.25) is 0 Å². The highest BCUT2D eigenvalue weighted by Gasteiger charge is 2.43. The molecule has 0 radical (unpaired) electrons. The van der Waals surface area contributed by atoms with Crippen LogP contribution < -0.4 is 5.32 Å². The van der Waals surface area contributed by atoms with Crippen molar-refractivity contribution in [3.63, 3.8) is 0 Å². The molecule has 3 rings (SSSR count). The second-order valence-electron chi connectivity index (χ2n) is 6.63. The summed E-state index contributed by atoms with van der Waals surface area (Å²) >= 11 is 5.90. The number of nitrogens with zero attached hydrogens (tertiary/aromatic N) is 1. The number of hydrogen-bond donors (Lipinski definition) is 1. The molecule has 0 aromatic heterocycles. The van der Waals surface area contributed by atoms with Gasteiger partial charge in [-0.1, -0.05) is 18.0 Å². The summed E-state index contributed by atoms with van der Waals surface area (Å²) in [4.78, 5) is 34.2. The summed E-state index contributed by atoms with van der Waals surface area (Å²) in [5, 5.41) is 13.3. The number of benzene rings is 1. The van der Waals surface area contributed by atoms with Gasteiger partial charge in [0.05, 0.1) is 28.0 Å². The molecule has 2 saturated carbocycles. The van der Waals surface area contributed by atoms with Crippen molar-refractivity contribution >= 4 is 29.2 Å². The molecular weight excluding hydrogens is 348 g/mol. The Balaban J connectivity index is 1.43. The average Bonchev–Trinajstić information content (AvgIpc) is 3.21. The van der Waals surface area contributed by atoms with Gasteiger partial charge in [-0.05, 0) is 37.2 Å². The Labute approximate surface area is 149 Å². The number of fused-ring (bicyclic) bond motifs is 2. The lowest BCUT2D eigenvalue weighted by molar-refractivity contribution is -0.384. The monoisotopic (exact) mass is 366 g/mol. The number of nitro benzene ring substituents is 1. The summed E-state index contributed by atoms with van der Waals surface area (Å²) in [6, 6.07) is 3.65. The standard InChI is InChI=1S/C17H19ClN2O5/c18-15-9-12(20(23)24)3-4-13(15)16(21)19-5-6-25-17(22)14-8-10-1-2-11(14)7-10/h3-4,9-11,14H,1-2,5-8H2,(H,19,21)/t10-,11-,14-/m0/s1. The zero-order chi connectivity index (χ0) is 18.0. The number of hydrogen-bond acceptors (Lipinski definition) is 5. The smallest absolute Gasteiger partial charge is 0.309 e. The molecule has 2 aliphatic carbocycles. The van der Waals surface area contributed by atoms with E-state index < -0.39 is 10.8 Å². The molecule has 2 fully saturated rings. The summed E-state index contributed by atoms with van der Waals surface area (Å²) in [5.41, 5.74) is -0.0342. The van der Waals surface area contributed by atoms with Crippen molar-refractivity contribution in [3.05, 3.63) is 38.9 Å². The Morgan fingerprint density at radius 3 is 2.72 bits per heavy atom. The van der Waals surface area contributed by atoms with E-state index in [4.69, 9.17) is 16.3 Å². The fraction of sp³-hybridized carbons (Fsp3) is 0.529. The first-order valence-corrected chi connectivity index (χ1v) is 8.72. The third kappa shape index (κ3) is 3.92. The van der Waals surface area contributed by atoms with Gasteiger partial charge in [-0.3, -0.25) is 19.7 Å².